The number of thiazole rings is 1. The van der Waals surface area contributed by atoms with Gasteiger partial charge in [0.1, 0.15) is 0 Å². The van der Waals surface area contributed by atoms with E-state index >= 15 is 0 Å². The molecule has 1 aromatic heterocycles. The van der Waals surface area contributed by atoms with Crippen molar-refractivity contribution in [1.82, 2.24) is 10.3 Å². The van der Waals surface area contributed by atoms with Crippen molar-refractivity contribution < 1.29 is 0 Å². The van der Waals surface area contributed by atoms with Gasteiger partial charge in [-0.15, -0.1) is 11.3 Å². The molecule has 0 aliphatic heterocycles. The normalized spacial score (nSPS) is 26.5. The van der Waals surface area contributed by atoms with Crippen molar-refractivity contribution in [1.29, 1.82) is 0 Å². The molecule has 2 aliphatic carbocycles. The van der Waals surface area contributed by atoms with Crippen molar-refractivity contribution in [2.45, 2.75) is 77.7 Å². The summed E-state index contributed by atoms with van der Waals surface area (Å²) in [5.41, 5.74) is 1.45. The van der Waals surface area contributed by atoms with E-state index in [1.165, 1.54) is 54.1 Å². The van der Waals surface area contributed by atoms with Crippen LogP contribution in [0.5, 0.6) is 0 Å². The van der Waals surface area contributed by atoms with Crippen LogP contribution >= 0.6 is 11.3 Å². The van der Waals surface area contributed by atoms with Gasteiger partial charge in [0.05, 0.1) is 10.7 Å². The molecule has 1 heterocycles. The van der Waals surface area contributed by atoms with Crippen LogP contribution in [-0.4, -0.2) is 11.5 Å². The standard InChI is InChI=1S/C18H30N2S/c1-4-19-11-16-17(14-7-8-14)20-18(21-16)15-9-5-13(6-10-15)12(2)3/h12-15,19H,4-11H2,1-3H3. The molecule has 0 saturated heterocycles. The van der Waals surface area contributed by atoms with Crippen LogP contribution in [0.25, 0.3) is 0 Å². The van der Waals surface area contributed by atoms with Gasteiger partial charge in [0.15, 0.2) is 0 Å². The smallest absolute Gasteiger partial charge is 0.0962 e. The fourth-order valence-electron chi connectivity index (χ4n) is 3.63. The van der Waals surface area contributed by atoms with Gasteiger partial charge in [-0.25, -0.2) is 4.98 Å². The van der Waals surface area contributed by atoms with E-state index < -0.39 is 0 Å². The third kappa shape index (κ3) is 3.68. The molecule has 2 saturated carbocycles. The molecule has 2 aliphatic rings. The van der Waals surface area contributed by atoms with Crippen LogP contribution in [-0.2, 0) is 6.54 Å². The highest BCUT2D eigenvalue weighted by Gasteiger charge is 2.32. The van der Waals surface area contributed by atoms with E-state index in [0.717, 1.165) is 36.8 Å². The van der Waals surface area contributed by atoms with Gasteiger partial charge in [0.25, 0.3) is 0 Å². The van der Waals surface area contributed by atoms with Crippen molar-refractivity contribution in [2.75, 3.05) is 6.54 Å². The summed E-state index contributed by atoms with van der Waals surface area (Å²) in [6, 6.07) is 0. The van der Waals surface area contributed by atoms with E-state index in [1.807, 2.05) is 11.3 Å². The van der Waals surface area contributed by atoms with Crippen molar-refractivity contribution in [3.05, 3.63) is 15.6 Å². The maximum Gasteiger partial charge on any atom is 0.0962 e. The first-order valence-corrected chi connectivity index (χ1v) is 9.70. The van der Waals surface area contributed by atoms with Gasteiger partial charge < -0.3 is 5.32 Å². The summed E-state index contributed by atoms with van der Waals surface area (Å²) in [4.78, 5) is 6.63. The van der Waals surface area contributed by atoms with Gasteiger partial charge >= 0.3 is 0 Å². The first kappa shape index (κ1) is 15.5. The van der Waals surface area contributed by atoms with Crippen molar-refractivity contribution in [2.24, 2.45) is 11.8 Å². The van der Waals surface area contributed by atoms with Crippen molar-refractivity contribution in [3.8, 4) is 0 Å². The highest BCUT2D eigenvalue weighted by molar-refractivity contribution is 7.11. The Morgan fingerprint density at radius 2 is 1.76 bits per heavy atom. The molecule has 1 N–H and O–H groups in total. The molecule has 0 spiro atoms. The molecule has 3 heteroatoms. The second-order valence-corrected chi connectivity index (χ2v) is 8.39. The molecule has 0 aromatic carbocycles. The van der Waals surface area contributed by atoms with Crippen LogP contribution in [0.2, 0.25) is 0 Å². The van der Waals surface area contributed by atoms with Gasteiger partial charge in [-0.05, 0) is 56.9 Å². The molecule has 0 bridgehead atoms. The molecule has 2 nitrogen and oxygen atoms in total. The Hall–Kier alpha value is -0.410. The Bertz CT molecular complexity index is 454. The predicted octanol–water partition coefficient (Wildman–Crippen LogP) is 5.06. The Morgan fingerprint density at radius 1 is 1.10 bits per heavy atom. The Labute approximate surface area is 133 Å². The highest BCUT2D eigenvalue weighted by atomic mass is 32.1. The summed E-state index contributed by atoms with van der Waals surface area (Å²) in [5, 5.41) is 4.95. The average Bonchev–Trinajstić information content (AvgIpc) is 3.25. The Balaban J connectivity index is 1.68. The van der Waals surface area contributed by atoms with Crippen LogP contribution in [0.4, 0.5) is 0 Å². The van der Waals surface area contributed by atoms with Crippen LogP contribution in [0.3, 0.4) is 0 Å². The van der Waals surface area contributed by atoms with Crippen LogP contribution in [0.1, 0.15) is 86.7 Å². The van der Waals surface area contributed by atoms with Crippen LogP contribution < -0.4 is 5.32 Å². The van der Waals surface area contributed by atoms with Gasteiger partial charge in [-0.2, -0.15) is 0 Å². The lowest BCUT2D eigenvalue weighted by molar-refractivity contribution is 0.258. The quantitative estimate of drug-likeness (QED) is 0.794. The topological polar surface area (TPSA) is 24.9 Å². The minimum absolute atomic E-state index is 0.748. The minimum atomic E-state index is 0.748. The summed E-state index contributed by atoms with van der Waals surface area (Å²) in [5.74, 6) is 3.34. The van der Waals surface area contributed by atoms with Gasteiger partial charge in [0, 0.05) is 23.3 Å². The molecule has 118 valence electrons. The lowest BCUT2D eigenvalue weighted by Gasteiger charge is -2.29. The third-order valence-corrected chi connectivity index (χ3v) is 6.54. The summed E-state index contributed by atoms with van der Waals surface area (Å²) in [6.07, 6.45) is 8.26. The number of rotatable bonds is 6. The van der Waals surface area contributed by atoms with Crippen molar-refractivity contribution >= 4 is 11.3 Å². The van der Waals surface area contributed by atoms with E-state index in [-0.39, 0.29) is 0 Å². The number of aromatic nitrogens is 1. The monoisotopic (exact) mass is 306 g/mol. The highest BCUT2D eigenvalue weighted by Crippen LogP contribution is 2.46. The predicted molar refractivity (Wildman–Crippen MR) is 91.0 cm³/mol. The maximum absolute atomic E-state index is 5.10. The number of nitrogens with one attached hydrogen (secondary N) is 1. The zero-order valence-corrected chi connectivity index (χ0v) is 14.6. The van der Waals surface area contributed by atoms with Crippen LogP contribution in [0.15, 0.2) is 0 Å². The fourth-order valence-corrected chi connectivity index (χ4v) is 4.92. The molecule has 0 radical (unpaired) electrons. The lowest BCUT2D eigenvalue weighted by atomic mass is 9.77. The Morgan fingerprint density at radius 3 is 2.33 bits per heavy atom. The maximum atomic E-state index is 5.10. The molecule has 1 aromatic rings. The summed E-state index contributed by atoms with van der Waals surface area (Å²) < 4.78 is 0. The molecular weight excluding hydrogens is 276 g/mol. The summed E-state index contributed by atoms with van der Waals surface area (Å²) in [6.45, 7) is 9.03. The van der Waals surface area contributed by atoms with Gasteiger partial charge in [0.2, 0.25) is 0 Å². The van der Waals surface area contributed by atoms with Crippen LogP contribution in [0, 0.1) is 11.8 Å². The van der Waals surface area contributed by atoms with Gasteiger partial charge in [-0.1, -0.05) is 20.8 Å². The fraction of sp³-hybridized carbons (Fsp3) is 0.833. The zero-order valence-electron chi connectivity index (χ0n) is 13.8. The van der Waals surface area contributed by atoms with E-state index in [0.29, 0.717) is 0 Å². The zero-order chi connectivity index (χ0) is 14.8. The third-order valence-electron chi connectivity index (χ3n) is 5.31. The molecule has 0 atom stereocenters. The minimum Gasteiger partial charge on any atom is -0.312 e. The second-order valence-electron chi connectivity index (χ2n) is 7.27. The summed E-state index contributed by atoms with van der Waals surface area (Å²) >= 11 is 2.01. The largest absolute Gasteiger partial charge is 0.312 e. The first-order chi connectivity index (χ1) is 10.2. The molecule has 2 fully saturated rings. The molecule has 0 amide bonds. The average molecular weight is 307 g/mol. The molecule has 0 unspecified atom stereocenters. The lowest BCUT2D eigenvalue weighted by Crippen LogP contribution is -2.17. The van der Waals surface area contributed by atoms with Crippen molar-refractivity contribution in [3.63, 3.8) is 0 Å². The number of hydrogen-bond acceptors (Lipinski definition) is 3. The van der Waals surface area contributed by atoms with Gasteiger partial charge in [-0.3, -0.25) is 0 Å². The SMILES string of the molecule is CCNCc1sc(C2CCC(C(C)C)CC2)nc1C1CC1. The molecule has 21 heavy (non-hydrogen) atoms. The van der Waals surface area contributed by atoms with E-state index in [1.54, 1.807) is 0 Å². The molecular formula is C18H30N2S. The Kier molecular flexibility index (Phi) is 5.00. The first-order valence-electron chi connectivity index (χ1n) is 8.89. The second kappa shape index (κ2) is 6.78. The number of hydrogen-bond donors (Lipinski definition) is 1. The number of nitrogens with zero attached hydrogens (tertiary/aromatic N) is 1. The van der Waals surface area contributed by atoms with E-state index in [2.05, 4.69) is 26.1 Å². The molecule has 3 rings (SSSR count). The summed E-state index contributed by atoms with van der Waals surface area (Å²) in [7, 11) is 0. The van der Waals surface area contributed by atoms with E-state index in [9.17, 15) is 0 Å². The van der Waals surface area contributed by atoms with E-state index in [4.69, 9.17) is 4.98 Å².